The van der Waals surface area contributed by atoms with Gasteiger partial charge in [0.25, 0.3) is 0 Å². The molecule has 0 amide bonds. The molecule has 0 bridgehead atoms. The van der Waals surface area contributed by atoms with E-state index in [4.69, 9.17) is 14.2 Å². The molecule has 2 aromatic rings. The average Bonchev–Trinajstić information content (AvgIpc) is 2.61. The quantitative estimate of drug-likeness (QED) is 0.385. The highest BCUT2D eigenvalue weighted by Crippen LogP contribution is 2.33. The molecule has 0 saturated carbocycles. The topological polar surface area (TPSA) is 52.1 Å². The second kappa shape index (κ2) is 9.36. The molecule has 6 heteroatoms. The van der Waals surface area contributed by atoms with E-state index in [1.165, 1.54) is 0 Å². The molecule has 0 aliphatic heterocycles. The summed E-state index contributed by atoms with van der Waals surface area (Å²) in [7, 11) is 3.30. The zero-order valence-corrected chi connectivity index (χ0v) is 16.2. The van der Waals surface area contributed by atoms with Crippen LogP contribution in [0.15, 0.2) is 41.5 Å². The van der Waals surface area contributed by atoms with Crippen molar-refractivity contribution in [2.45, 2.75) is 13.5 Å². The van der Waals surface area contributed by atoms with Crippen molar-refractivity contribution in [1.29, 1.82) is 0 Å². The van der Waals surface area contributed by atoms with Crippen LogP contribution in [-0.2, 0) is 6.54 Å². The predicted molar refractivity (Wildman–Crippen MR) is 104 cm³/mol. The van der Waals surface area contributed by atoms with Crippen LogP contribution in [0.1, 0.15) is 18.1 Å². The molecule has 0 unspecified atom stereocenters. The summed E-state index contributed by atoms with van der Waals surface area (Å²) in [4.78, 5) is 0. The van der Waals surface area contributed by atoms with Gasteiger partial charge in [-0.3, -0.25) is 0 Å². The molecule has 0 fully saturated rings. The molecule has 2 aromatic carbocycles. The van der Waals surface area contributed by atoms with Crippen LogP contribution < -0.4 is 19.6 Å². The highest BCUT2D eigenvalue weighted by atomic mass is 127. The molecule has 0 aromatic heterocycles. The van der Waals surface area contributed by atoms with E-state index in [9.17, 15) is 0 Å². The van der Waals surface area contributed by atoms with E-state index < -0.39 is 0 Å². The monoisotopic (exact) mass is 440 g/mol. The Balaban J connectivity index is 2.05. The second-order valence-corrected chi connectivity index (χ2v) is 6.03. The fraction of sp³-hybridized carbons (Fsp3) is 0.278. The zero-order valence-electron chi connectivity index (χ0n) is 14.0. The van der Waals surface area contributed by atoms with Crippen LogP contribution in [0, 0.1) is 3.57 Å². The van der Waals surface area contributed by atoms with Crippen LogP contribution >= 0.6 is 22.6 Å². The molecule has 2 rings (SSSR count). The van der Waals surface area contributed by atoms with E-state index in [2.05, 4.69) is 33.1 Å². The number of rotatable bonds is 8. The third-order valence-electron chi connectivity index (χ3n) is 3.31. The number of benzene rings is 2. The molecule has 0 spiro atoms. The van der Waals surface area contributed by atoms with E-state index in [-0.39, 0.29) is 0 Å². The van der Waals surface area contributed by atoms with E-state index >= 15 is 0 Å². The van der Waals surface area contributed by atoms with Gasteiger partial charge in [0.1, 0.15) is 5.75 Å². The minimum absolute atomic E-state index is 0.589. The summed E-state index contributed by atoms with van der Waals surface area (Å²) >= 11 is 2.23. The number of nitrogens with zero attached hydrogens (tertiary/aromatic N) is 1. The molecule has 0 atom stereocenters. The van der Waals surface area contributed by atoms with Gasteiger partial charge in [0.15, 0.2) is 11.5 Å². The molecule has 0 aliphatic rings. The maximum atomic E-state index is 5.62. The van der Waals surface area contributed by atoms with Gasteiger partial charge in [-0.15, -0.1) is 0 Å². The lowest BCUT2D eigenvalue weighted by Crippen LogP contribution is -2.07. The van der Waals surface area contributed by atoms with Gasteiger partial charge in [0.2, 0.25) is 0 Å². The fourth-order valence-corrected chi connectivity index (χ4v) is 2.98. The maximum absolute atomic E-state index is 5.62. The van der Waals surface area contributed by atoms with Crippen molar-refractivity contribution in [1.82, 2.24) is 5.43 Å². The lowest BCUT2D eigenvalue weighted by molar-refractivity contribution is 0.308. The van der Waals surface area contributed by atoms with E-state index in [0.29, 0.717) is 18.9 Å². The van der Waals surface area contributed by atoms with E-state index in [1.54, 1.807) is 20.4 Å². The van der Waals surface area contributed by atoms with Crippen molar-refractivity contribution in [3.63, 3.8) is 0 Å². The van der Waals surface area contributed by atoms with Crippen molar-refractivity contribution in [3.8, 4) is 17.2 Å². The normalized spacial score (nSPS) is 10.7. The first kappa shape index (κ1) is 18.4. The van der Waals surface area contributed by atoms with Crippen LogP contribution in [-0.4, -0.2) is 27.0 Å². The van der Waals surface area contributed by atoms with E-state index in [1.807, 2.05) is 43.3 Å². The highest BCUT2D eigenvalue weighted by Gasteiger charge is 2.10. The second-order valence-electron chi connectivity index (χ2n) is 4.87. The first-order valence-corrected chi connectivity index (χ1v) is 8.65. The summed E-state index contributed by atoms with van der Waals surface area (Å²) < 4.78 is 17.3. The Bertz CT molecular complexity index is 705. The molecule has 0 aliphatic carbocycles. The van der Waals surface area contributed by atoms with Crippen molar-refractivity contribution >= 4 is 28.8 Å². The van der Waals surface area contributed by atoms with Crippen molar-refractivity contribution < 1.29 is 14.2 Å². The summed E-state index contributed by atoms with van der Waals surface area (Å²) in [6.45, 7) is 3.14. The van der Waals surface area contributed by atoms with Crippen LogP contribution in [0.5, 0.6) is 17.2 Å². The maximum Gasteiger partial charge on any atom is 0.174 e. The van der Waals surface area contributed by atoms with Gasteiger partial charge in [0, 0.05) is 5.56 Å². The summed E-state index contributed by atoms with van der Waals surface area (Å²) in [5, 5.41) is 4.27. The SMILES string of the molecule is CCOc1c(I)cc(/C=N\NCc2ccccc2OC)cc1OC. The molecule has 0 saturated heterocycles. The molecule has 0 radical (unpaired) electrons. The Morgan fingerprint density at radius 1 is 1.12 bits per heavy atom. The number of nitrogens with one attached hydrogen (secondary N) is 1. The van der Waals surface area contributed by atoms with Gasteiger partial charge in [-0.1, -0.05) is 18.2 Å². The van der Waals surface area contributed by atoms with Crippen LogP contribution in [0.2, 0.25) is 0 Å². The predicted octanol–water partition coefficient (Wildman–Crippen LogP) is 3.83. The summed E-state index contributed by atoms with van der Waals surface area (Å²) in [5.41, 5.74) is 5.03. The molecule has 5 nitrogen and oxygen atoms in total. The van der Waals surface area contributed by atoms with Crippen molar-refractivity contribution in [2.24, 2.45) is 5.10 Å². The Hall–Kier alpha value is -1.96. The number of halogens is 1. The number of ether oxygens (including phenoxy) is 3. The number of hydrogen-bond donors (Lipinski definition) is 1. The zero-order chi connectivity index (χ0) is 17.4. The largest absolute Gasteiger partial charge is 0.496 e. The lowest BCUT2D eigenvalue weighted by Gasteiger charge is -2.12. The third-order valence-corrected chi connectivity index (χ3v) is 4.11. The Morgan fingerprint density at radius 3 is 2.58 bits per heavy atom. The van der Waals surface area contributed by atoms with Crippen LogP contribution in [0.4, 0.5) is 0 Å². The number of hydrazone groups is 1. The first-order chi connectivity index (χ1) is 11.7. The molecular weight excluding hydrogens is 419 g/mol. The first-order valence-electron chi connectivity index (χ1n) is 7.57. The van der Waals surface area contributed by atoms with Gasteiger partial charge in [-0.25, -0.2) is 0 Å². The smallest absolute Gasteiger partial charge is 0.174 e. The lowest BCUT2D eigenvalue weighted by atomic mass is 10.2. The summed E-state index contributed by atoms with van der Waals surface area (Å²) in [6.07, 6.45) is 1.76. The van der Waals surface area contributed by atoms with Crippen LogP contribution in [0.3, 0.4) is 0 Å². The Morgan fingerprint density at radius 2 is 1.88 bits per heavy atom. The Labute approximate surface area is 156 Å². The Kier molecular flexibility index (Phi) is 7.17. The third kappa shape index (κ3) is 4.77. The highest BCUT2D eigenvalue weighted by molar-refractivity contribution is 14.1. The van der Waals surface area contributed by atoms with Gasteiger partial charge < -0.3 is 19.6 Å². The standard InChI is InChI=1S/C18H21IN2O3/c1-4-24-18-15(19)9-13(10-17(18)23-3)11-20-21-12-14-7-5-6-8-16(14)22-2/h5-11,21H,4,12H2,1-3H3/b20-11-. The summed E-state index contributed by atoms with van der Waals surface area (Å²) in [5.74, 6) is 2.31. The van der Waals surface area contributed by atoms with Gasteiger partial charge >= 0.3 is 0 Å². The molecular formula is C18H21IN2O3. The van der Waals surface area contributed by atoms with Crippen LogP contribution in [0.25, 0.3) is 0 Å². The molecule has 0 heterocycles. The van der Waals surface area contributed by atoms with Gasteiger partial charge in [0.05, 0.1) is 37.2 Å². The van der Waals surface area contributed by atoms with Gasteiger partial charge in [-0.05, 0) is 53.3 Å². The average molecular weight is 440 g/mol. The number of hydrogen-bond acceptors (Lipinski definition) is 5. The van der Waals surface area contributed by atoms with Gasteiger partial charge in [-0.2, -0.15) is 5.10 Å². The van der Waals surface area contributed by atoms with E-state index in [0.717, 1.165) is 26.2 Å². The summed E-state index contributed by atoms with van der Waals surface area (Å²) in [6, 6.07) is 11.8. The molecule has 1 N–H and O–H groups in total. The minimum atomic E-state index is 0.589. The molecule has 128 valence electrons. The minimum Gasteiger partial charge on any atom is -0.496 e. The van der Waals surface area contributed by atoms with Crippen molar-refractivity contribution in [2.75, 3.05) is 20.8 Å². The fourth-order valence-electron chi connectivity index (χ4n) is 2.20. The number of methoxy groups -OCH3 is 2. The number of para-hydroxylation sites is 1. The van der Waals surface area contributed by atoms with Crippen molar-refractivity contribution in [3.05, 3.63) is 51.1 Å². The molecule has 24 heavy (non-hydrogen) atoms.